The monoisotopic (exact) mass is 428 g/mol. The van der Waals surface area contributed by atoms with E-state index in [0.29, 0.717) is 41.1 Å². The second kappa shape index (κ2) is 8.65. The van der Waals surface area contributed by atoms with Crippen LogP contribution >= 0.6 is 11.6 Å². The Labute approximate surface area is 181 Å². The summed E-state index contributed by atoms with van der Waals surface area (Å²) in [6.45, 7) is 4.71. The maximum Gasteiger partial charge on any atom is 0.227 e. The number of nitrogen functional groups attached to an aromatic ring is 1. The largest absolute Gasteiger partial charge is 0.398 e. The molecule has 0 bridgehead atoms. The molecule has 1 fully saturated rings. The van der Waals surface area contributed by atoms with Crippen LogP contribution in [0, 0.1) is 0 Å². The fourth-order valence-corrected chi connectivity index (χ4v) is 4.03. The van der Waals surface area contributed by atoms with Crippen molar-refractivity contribution in [1.29, 1.82) is 0 Å². The lowest BCUT2D eigenvalue weighted by Crippen LogP contribution is -2.33. The van der Waals surface area contributed by atoms with Gasteiger partial charge in [0.2, 0.25) is 5.95 Å². The molecule has 4 rings (SSSR count). The van der Waals surface area contributed by atoms with Gasteiger partial charge in [0.25, 0.3) is 0 Å². The molecule has 8 nitrogen and oxygen atoms in total. The molecule has 30 heavy (non-hydrogen) atoms. The van der Waals surface area contributed by atoms with Crippen molar-refractivity contribution in [2.24, 2.45) is 5.73 Å². The van der Waals surface area contributed by atoms with Gasteiger partial charge in [-0.05, 0) is 63.3 Å². The zero-order valence-corrected chi connectivity index (χ0v) is 18.2. The van der Waals surface area contributed by atoms with Crippen LogP contribution in [0.2, 0.25) is 5.02 Å². The van der Waals surface area contributed by atoms with Crippen LogP contribution in [0.3, 0.4) is 0 Å². The standard InChI is InChI=1S/C21H29ClN8/c1-12(2)30-11-26-18-19(25-10-13-9-14(22)3-8-17(13)24)28-21(29-20(18)30)27-16-6-4-15(23)5-7-16/h3,8-9,11-12,15-16H,4-7,10,23-24H2,1-2H3,(H2,25,27,28,29). The number of nitrogens with two attached hydrogens (primary N) is 2. The third-order valence-corrected chi connectivity index (χ3v) is 5.87. The Hall–Kier alpha value is -2.58. The Morgan fingerprint density at radius 3 is 2.70 bits per heavy atom. The summed E-state index contributed by atoms with van der Waals surface area (Å²) in [4.78, 5) is 14.1. The Kier molecular flexibility index (Phi) is 5.97. The number of benzene rings is 1. The van der Waals surface area contributed by atoms with Crippen LogP contribution in [0.25, 0.3) is 11.2 Å². The van der Waals surface area contributed by atoms with Crippen LogP contribution in [-0.2, 0) is 6.54 Å². The van der Waals surface area contributed by atoms with Gasteiger partial charge in [0.1, 0.15) is 0 Å². The number of hydrogen-bond donors (Lipinski definition) is 4. The van der Waals surface area contributed by atoms with Gasteiger partial charge in [0, 0.05) is 35.4 Å². The number of halogens is 1. The number of rotatable bonds is 6. The topological polar surface area (TPSA) is 120 Å². The molecule has 0 amide bonds. The van der Waals surface area contributed by atoms with Gasteiger partial charge >= 0.3 is 0 Å². The number of fused-ring (bicyclic) bond motifs is 1. The molecule has 0 saturated heterocycles. The first-order valence-corrected chi connectivity index (χ1v) is 10.8. The lowest BCUT2D eigenvalue weighted by molar-refractivity contribution is 0.410. The lowest BCUT2D eigenvalue weighted by atomic mass is 9.92. The molecule has 3 aromatic rings. The molecular formula is C21H29ClN8. The van der Waals surface area contributed by atoms with Crippen molar-refractivity contribution in [3.8, 4) is 0 Å². The highest BCUT2D eigenvalue weighted by Crippen LogP contribution is 2.27. The molecule has 1 aliphatic carbocycles. The molecule has 2 heterocycles. The van der Waals surface area contributed by atoms with E-state index in [0.717, 1.165) is 42.4 Å². The Morgan fingerprint density at radius 1 is 1.20 bits per heavy atom. The summed E-state index contributed by atoms with van der Waals surface area (Å²) in [6, 6.07) is 6.32. The number of anilines is 3. The molecule has 0 aliphatic heterocycles. The van der Waals surface area contributed by atoms with Gasteiger partial charge in [-0.2, -0.15) is 9.97 Å². The van der Waals surface area contributed by atoms with Crippen LogP contribution in [-0.4, -0.2) is 31.6 Å². The predicted octanol–water partition coefficient (Wildman–Crippen LogP) is 3.94. The molecule has 160 valence electrons. The first-order chi connectivity index (χ1) is 14.4. The molecule has 0 spiro atoms. The number of nitrogens with zero attached hydrogens (tertiary/aromatic N) is 4. The molecule has 1 aliphatic rings. The summed E-state index contributed by atoms with van der Waals surface area (Å²) in [7, 11) is 0. The maximum absolute atomic E-state index is 6.13. The zero-order chi connectivity index (χ0) is 21.3. The zero-order valence-electron chi connectivity index (χ0n) is 17.4. The smallest absolute Gasteiger partial charge is 0.227 e. The van der Waals surface area contributed by atoms with Crippen molar-refractivity contribution in [1.82, 2.24) is 19.5 Å². The van der Waals surface area contributed by atoms with Crippen molar-refractivity contribution in [2.75, 3.05) is 16.4 Å². The normalized spacial score (nSPS) is 19.4. The highest BCUT2D eigenvalue weighted by molar-refractivity contribution is 6.30. The van der Waals surface area contributed by atoms with E-state index in [-0.39, 0.29) is 6.04 Å². The molecule has 6 N–H and O–H groups in total. The van der Waals surface area contributed by atoms with E-state index >= 15 is 0 Å². The number of aromatic nitrogens is 4. The van der Waals surface area contributed by atoms with Crippen molar-refractivity contribution in [3.63, 3.8) is 0 Å². The molecule has 1 aromatic carbocycles. The van der Waals surface area contributed by atoms with E-state index in [4.69, 9.17) is 33.0 Å². The fraction of sp³-hybridized carbons (Fsp3) is 0.476. The van der Waals surface area contributed by atoms with E-state index < -0.39 is 0 Å². The third-order valence-electron chi connectivity index (χ3n) is 5.63. The molecule has 2 aromatic heterocycles. The third kappa shape index (κ3) is 4.44. The second-order valence-corrected chi connectivity index (χ2v) is 8.70. The minimum Gasteiger partial charge on any atom is -0.398 e. The summed E-state index contributed by atoms with van der Waals surface area (Å²) < 4.78 is 2.05. The Balaban J connectivity index is 1.64. The van der Waals surface area contributed by atoms with E-state index in [1.54, 1.807) is 6.07 Å². The molecule has 0 atom stereocenters. The summed E-state index contributed by atoms with van der Waals surface area (Å²) in [5.74, 6) is 1.28. The highest BCUT2D eigenvalue weighted by atomic mass is 35.5. The second-order valence-electron chi connectivity index (χ2n) is 8.27. The molecule has 0 unspecified atom stereocenters. The van der Waals surface area contributed by atoms with Gasteiger partial charge in [-0.25, -0.2) is 4.98 Å². The number of nitrogens with one attached hydrogen (secondary N) is 2. The summed E-state index contributed by atoms with van der Waals surface area (Å²) in [5, 5.41) is 7.54. The summed E-state index contributed by atoms with van der Waals surface area (Å²) in [5.41, 5.74) is 15.3. The lowest BCUT2D eigenvalue weighted by Gasteiger charge is -2.27. The highest BCUT2D eigenvalue weighted by Gasteiger charge is 2.21. The van der Waals surface area contributed by atoms with E-state index in [1.807, 2.05) is 18.5 Å². The number of hydrogen-bond acceptors (Lipinski definition) is 7. The van der Waals surface area contributed by atoms with Crippen LogP contribution in [0.1, 0.15) is 51.1 Å². The van der Waals surface area contributed by atoms with E-state index in [2.05, 4.69) is 34.0 Å². The SMILES string of the molecule is CC(C)n1cnc2c(NCc3cc(Cl)ccc3N)nc(NC3CCC(N)CC3)nc21. The molecule has 9 heteroatoms. The van der Waals surface area contributed by atoms with Gasteiger partial charge < -0.3 is 26.7 Å². The molecule has 1 saturated carbocycles. The molecule has 0 radical (unpaired) electrons. The van der Waals surface area contributed by atoms with Crippen molar-refractivity contribution in [2.45, 2.75) is 64.2 Å². The van der Waals surface area contributed by atoms with E-state index in [9.17, 15) is 0 Å². The predicted molar refractivity (Wildman–Crippen MR) is 123 cm³/mol. The summed E-state index contributed by atoms with van der Waals surface area (Å²) in [6.07, 6.45) is 5.89. The average molecular weight is 429 g/mol. The van der Waals surface area contributed by atoms with Crippen LogP contribution in [0.5, 0.6) is 0 Å². The first-order valence-electron chi connectivity index (χ1n) is 10.4. The minimum absolute atomic E-state index is 0.238. The maximum atomic E-state index is 6.13. The Morgan fingerprint density at radius 2 is 1.97 bits per heavy atom. The van der Waals surface area contributed by atoms with Crippen molar-refractivity contribution < 1.29 is 0 Å². The fourth-order valence-electron chi connectivity index (χ4n) is 3.83. The van der Waals surface area contributed by atoms with Crippen LogP contribution in [0.4, 0.5) is 17.5 Å². The quantitative estimate of drug-likeness (QED) is 0.439. The number of imidazole rings is 1. The average Bonchev–Trinajstić information content (AvgIpc) is 3.14. The van der Waals surface area contributed by atoms with Crippen LogP contribution < -0.4 is 22.1 Å². The molecular weight excluding hydrogens is 400 g/mol. The van der Waals surface area contributed by atoms with Gasteiger partial charge in [0.05, 0.1) is 6.33 Å². The van der Waals surface area contributed by atoms with Crippen molar-refractivity contribution in [3.05, 3.63) is 35.1 Å². The van der Waals surface area contributed by atoms with Gasteiger partial charge in [-0.3, -0.25) is 0 Å². The summed E-state index contributed by atoms with van der Waals surface area (Å²) >= 11 is 6.13. The first kappa shape index (κ1) is 20.7. The minimum atomic E-state index is 0.238. The van der Waals surface area contributed by atoms with Gasteiger partial charge in [-0.1, -0.05) is 11.6 Å². The van der Waals surface area contributed by atoms with Crippen LogP contribution in [0.15, 0.2) is 24.5 Å². The van der Waals surface area contributed by atoms with Gasteiger partial charge in [0.15, 0.2) is 17.0 Å². The van der Waals surface area contributed by atoms with E-state index in [1.165, 1.54) is 0 Å². The Bertz CT molecular complexity index is 1020. The van der Waals surface area contributed by atoms with Crippen molar-refractivity contribution >= 4 is 40.2 Å². The van der Waals surface area contributed by atoms with Gasteiger partial charge in [-0.15, -0.1) is 0 Å².